The quantitative estimate of drug-likeness (QED) is 0.316. The third-order valence-corrected chi connectivity index (χ3v) is 1.63. The summed E-state index contributed by atoms with van der Waals surface area (Å²) in [6.45, 7) is 0. The molecular formula is C6H3Br2Li. The predicted molar refractivity (Wildman–Crippen MR) is 41.8 cm³/mol. The molecule has 0 saturated heterocycles. The van der Waals surface area contributed by atoms with Crippen molar-refractivity contribution < 1.29 is 18.9 Å². The van der Waals surface area contributed by atoms with Crippen LogP contribution in [0.15, 0.2) is 28.4 Å². The van der Waals surface area contributed by atoms with Gasteiger partial charge in [-0.25, -0.2) is 0 Å². The zero-order valence-corrected chi connectivity index (χ0v) is 8.16. The van der Waals surface area contributed by atoms with E-state index < -0.39 is 0 Å². The van der Waals surface area contributed by atoms with Crippen LogP contribution in [0.25, 0.3) is 0 Å². The maximum Gasteiger partial charge on any atom is 1.00 e. The molecule has 0 aromatic heterocycles. The first-order chi connectivity index (χ1) is 3.79. The smallest absolute Gasteiger partial charge is 0.282 e. The van der Waals surface area contributed by atoms with Crippen molar-refractivity contribution in [1.29, 1.82) is 0 Å². The van der Waals surface area contributed by atoms with Crippen molar-refractivity contribution in [2.45, 2.75) is 0 Å². The predicted octanol–water partition coefficient (Wildman–Crippen LogP) is -0.0790. The first kappa shape index (κ1) is 9.69. The Bertz CT molecular complexity index is 177. The molecule has 1 aliphatic carbocycles. The molecule has 0 fully saturated rings. The maximum atomic E-state index is 3.30. The van der Waals surface area contributed by atoms with Gasteiger partial charge in [0.2, 0.25) is 0 Å². The second kappa shape index (κ2) is 4.49. The third-order valence-electron chi connectivity index (χ3n) is 0.718. The minimum Gasteiger partial charge on any atom is -0.282 e. The Kier molecular flexibility index (Phi) is 4.84. The molecule has 3 heteroatoms. The van der Waals surface area contributed by atoms with E-state index in [0.29, 0.717) is 0 Å². The van der Waals surface area contributed by atoms with Crippen LogP contribution < -0.4 is 18.9 Å². The Balaban J connectivity index is 0.000000640. The minimum absolute atomic E-state index is 0. The Morgan fingerprint density at radius 2 is 2.22 bits per heavy atom. The van der Waals surface area contributed by atoms with Gasteiger partial charge in [0.25, 0.3) is 0 Å². The molecule has 0 heterocycles. The van der Waals surface area contributed by atoms with Crippen LogP contribution >= 0.6 is 31.9 Å². The zero-order valence-electron chi connectivity index (χ0n) is 4.99. The fraction of sp³-hybridized carbons (Fsp3) is 0. The van der Waals surface area contributed by atoms with Gasteiger partial charge in [-0.15, -0.1) is 50.1 Å². The number of allylic oxidation sites excluding steroid dienone is 3. The van der Waals surface area contributed by atoms with E-state index in [9.17, 15) is 0 Å². The molecular weight excluding hydrogens is 239 g/mol. The van der Waals surface area contributed by atoms with Gasteiger partial charge < -0.3 is 0 Å². The van der Waals surface area contributed by atoms with Gasteiger partial charge in [-0.2, -0.15) is 0 Å². The summed E-state index contributed by atoms with van der Waals surface area (Å²) in [4.78, 5) is 1.05. The standard InChI is InChI=1S/C6H3Br2.Li/c7-5-2-1-3-6(8)4-5;/h2-4H;/q-1;+1. The van der Waals surface area contributed by atoms with Crippen molar-refractivity contribution in [2.75, 3.05) is 0 Å². The van der Waals surface area contributed by atoms with Crippen molar-refractivity contribution >= 4 is 31.9 Å². The Hall–Kier alpha value is 0.687. The van der Waals surface area contributed by atoms with Gasteiger partial charge in [0.05, 0.1) is 0 Å². The summed E-state index contributed by atoms with van der Waals surface area (Å²) in [7, 11) is 0. The van der Waals surface area contributed by atoms with Gasteiger partial charge in [-0.05, 0) is 0 Å². The average Bonchev–Trinajstić information content (AvgIpc) is 1.64. The zero-order chi connectivity index (χ0) is 5.98. The van der Waals surface area contributed by atoms with E-state index in [1.54, 1.807) is 0 Å². The molecule has 42 valence electrons. The Morgan fingerprint density at radius 3 is 2.56 bits per heavy atom. The van der Waals surface area contributed by atoms with Crippen molar-refractivity contribution in [3.05, 3.63) is 33.3 Å². The van der Waals surface area contributed by atoms with Crippen molar-refractivity contribution in [3.8, 4) is 0 Å². The van der Waals surface area contributed by atoms with E-state index in [0.717, 1.165) is 9.31 Å². The van der Waals surface area contributed by atoms with Crippen molar-refractivity contribution in [2.24, 2.45) is 0 Å². The van der Waals surface area contributed by atoms with Crippen LogP contribution in [0.1, 0.15) is 0 Å². The molecule has 1 aliphatic rings. The average molecular weight is 242 g/mol. The summed E-state index contributed by atoms with van der Waals surface area (Å²) in [5.41, 5.74) is 2.94. The minimum atomic E-state index is 0. The number of halogens is 2. The van der Waals surface area contributed by atoms with Crippen LogP contribution in [0.5, 0.6) is 0 Å². The molecule has 1 rings (SSSR count). The first-order valence-electron chi connectivity index (χ1n) is 2.11. The molecule has 0 bridgehead atoms. The maximum absolute atomic E-state index is 3.30. The Labute approximate surface area is 83.5 Å². The fourth-order valence-electron chi connectivity index (χ4n) is 0.416. The molecule has 0 unspecified atom stereocenters. The van der Waals surface area contributed by atoms with Gasteiger partial charge in [0, 0.05) is 0 Å². The summed E-state index contributed by atoms with van der Waals surface area (Å²) < 4.78 is 1.05. The summed E-state index contributed by atoms with van der Waals surface area (Å²) in [6.07, 6.45) is 5.70. The molecule has 0 atom stereocenters. The molecule has 0 aromatic carbocycles. The van der Waals surface area contributed by atoms with Gasteiger partial charge in [-0.3, -0.25) is 5.73 Å². The van der Waals surface area contributed by atoms with E-state index in [1.165, 1.54) is 0 Å². The second-order valence-corrected chi connectivity index (χ2v) is 3.20. The molecule has 0 nitrogen and oxygen atoms in total. The van der Waals surface area contributed by atoms with Crippen LogP contribution in [0.4, 0.5) is 0 Å². The fourth-order valence-corrected chi connectivity index (χ4v) is 1.48. The first-order valence-corrected chi connectivity index (χ1v) is 3.70. The van der Waals surface area contributed by atoms with Crippen LogP contribution in [0, 0.1) is 4.83 Å². The Morgan fingerprint density at radius 1 is 1.56 bits per heavy atom. The second-order valence-electron chi connectivity index (χ2n) is 1.37. The molecule has 0 radical (unpaired) electrons. The number of hydrogen-bond donors (Lipinski definition) is 0. The van der Waals surface area contributed by atoms with Gasteiger partial charge in [0.15, 0.2) is 0 Å². The summed E-state index contributed by atoms with van der Waals surface area (Å²) in [6, 6.07) is 0. The van der Waals surface area contributed by atoms with E-state index in [1.807, 2.05) is 18.2 Å². The largest absolute Gasteiger partial charge is 1.00 e. The van der Waals surface area contributed by atoms with Crippen LogP contribution in [0.3, 0.4) is 0 Å². The normalized spacial score (nSPS) is 14.9. The third kappa shape index (κ3) is 3.40. The molecule has 0 saturated carbocycles. The molecule has 0 amide bonds. The topological polar surface area (TPSA) is 0 Å². The van der Waals surface area contributed by atoms with E-state index in [-0.39, 0.29) is 18.9 Å². The van der Waals surface area contributed by atoms with Gasteiger partial charge in [-0.1, -0.05) is 9.31 Å². The van der Waals surface area contributed by atoms with Crippen molar-refractivity contribution in [3.63, 3.8) is 0 Å². The number of rotatable bonds is 0. The van der Waals surface area contributed by atoms with Crippen LogP contribution in [-0.2, 0) is 0 Å². The van der Waals surface area contributed by atoms with E-state index in [4.69, 9.17) is 0 Å². The van der Waals surface area contributed by atoms with E-state index in [2.05, 4.69) is 37.6 Å². The SMILES string of the molecule is BrC1=C[C-](Br)C=C=C1.[Li+]. The molecule has 9 heavy (non-hydrogen) atoms. The summed E-state index contributed by atoms with van der Waals surface area (Å²) >= 11 is 6.60. The van der Waals surface area contributed by atoms with Gasteiger partial charge in [0.1, 0.15) is 0 Å². The van der Waals surface area contributed by atoms with E-state index >= 15 is 0 Å². The van der Waals surface area contributed by atoms with Crippen molar-refractivity contribution in [1.82, 2.24) is 0 Å². The number of hydrogen-bond acceptors (Lipinski definition) is 0. The molecule has 0 spiro atoms. The van der Waals surface area contributed by atoms with Crippen LogP contribution in [0.2, 0.25) is 0 Å². The van der Waals surface area contributed by atoms with Crippen LogP contribution in [-0.4, -0.2) is 0 Å². The molecule has 0 aliphatic heterocycles. The molecule has 0 aromatic rings. The van der Waals surface area contributed by atoms with Gasteiger partial charge >= 0.3 is 18.9 Å². The molecule has 0 N–H and O–H groups in total. The summed E-state index contributed by atoms with van der Waals surface area (Å²) in [5, 5.41) is 0. The summed E-state index contributed by atoms with van der Waals surface area (Å²) in [5.74, 6) is 0. The monoisotopic (exact) mass is 240 g/mol.